The predicted molar refractivity (Wildman–Crippen MR) is 83.0 cm³/mol. The Morgan fingerprint density at radius 2 is 2.29 bits per heavy atom. The molecule has 0 aliphatic carbocycles. The molecule has 21 heavy (non-hydrogen) atoms. The van der Waals surface area contributed by atoms with Crippen LogP contribution in [0.1, 0.15) is 37.8 Å². The zero-order valence-corrected chi connectivity index (χ0v) is 13.1. The van der Waals surface area contributed by atoms with Crippen molar-refractivity contribution in [1.82, 2.24) is 10.2 Å². The van der Waals surface area contributed by atoms with Crippen LogP contribution in [-0.2, 0) is 0 Å². The van der Waals surface area contributed by atoms with E-state index >= 15 is 0 Å². The van der Waals surface area contributed by atoms with Gasteiger partial charge in [0.2, 0.25) is 0 Å². The number of amides is 2. The van der Waals surface area contributed by atoms with Crippen molar-refractivity contribution in [2.24, 2.45) is 5.92 Å². The lowest BCUT2D eigenvalue weighted by Gasteiger charge is -2.33. The number of hydrogen-bond donors (Lipinski definition) is 1. The van der Waals surface area contributed by atoms with Gasteiger partial charge in [-0.15, -0.1) is 11.8 Å². The fourth-order valence-electron chi connectivity index (χ4n) is 3.15. The van der Waals surface area contributed by atoms with Crippen LogP contribution in [-0.4, -0.2) is 29.8 Å². The molecule has 0 bridgehead atoms. The third-order valence-corrected chi connectivity index (χ3v) is 5.43. The lowest BCUT2D eigenvalue weighted by molar-refractivity contribution is 0.166. The largest absolute Gasteiger partial charge is 0.331 e. The molecule has 2 aliphatic heterocycles. The van der Waals surface area contributed by atoms with Crippen LogP contribution in [0.4, 0.5) is 9.18 Å². The maximum absolute atomic E-state index is 13.8. The summed E-state index contributed by atoms with van der Waals surface area (Å²) in [4.78, 5) is 15.0. The summed E-state index contributed by atoms with van der Waals surface area (Å²) in [5.74, 6) is 1.23. The second-order valence-electron chi connectivity index (χ2n) is 5.99. The molecule has 2 heterocycles. The number of rotatable bonds is 1. The van der Waals surface area contributed by atoms with Gasteiger partial charge < -0.3 is 10.2 Å². The number of benzene rings is 1. The number of carbonyl (C=O) groups is 1. The van der Waals surface area contributed by atoms with E-state index in [4.69, 9.17) is 0 Å². The number of piperidine rings is 1. The molecular formula is C16H21FN2OS. The number of nitrogens with zero attached hydrogens (tertiary/aromatic N) is 1. The van der Waals surface area contributed by atoms with Crippen LogP contribution in [0.5, 0.6) is 0 Å². The highest BCUT2D eigenvalue weighted by molar-refractivity contribution is 7.99. The van der Waals surface area contributed by atoms with Crippen molar-refractivity contribution in [2.75, 3.05) is 18.8 Å². The third kappa shape index (κ3) is 3.18. The number of likely N-dealkylation sites (tertiary alicyclic amines) is 1. The number of hydrogen-bond acceptors (Lipinski definition) is 2. The molecule has 2 amide bonds. The average molecular weight is 308 g/mol. The number of thioether (sulfide) groups is 1. The molecule has 0 spiro atoms. The van der Waals surface area contributed by atoms with E-state index in [1.54, 1.807) is 17.8 Å². The second-order valence-corrected chi connectivity index (χ2v) is 7.10. The van der Waals surface area contributed by atoms with Gasteiger partial charge in [-0.05, 0) is 36.8 Å². The molecule has 3 nitrogen and oxygen atoms in total. The minimum atomic E-state index is -0.178. The van der Waals surface area contributed by atoms with Gasteiger partial charge in [-0.1, -0.05) is 19.1 Å². The lowest BCUT2D eigenvalue weighted by atomic mass is 10.0. The molecule has 2 unspecified atom stereocenters. The van der Waals surface area contributed by atoms with Gasteiger partial charge in [0.05, 0.1) is 6.04 Å². The van der Waals surface area contributed by atoms with Gasteiger partial charge in [-0.25, -0.2) is 9.18 Å². The van der Waals surface area contributed by atoms with E-state index in [9.17, 15) is 9.18 Å². The molecule has 1 aromatic rings. The van der Waals surface area contributed by atoms with E-state index in [2.05, 4.69) is 12.2 Å². The Hall–Kier alpha value is -1.23. The number of carbonyl (C=O) groups excluding carboxylic acids is 1. The van der Waals surface area contributed by atoms with Crippen LogP contribution in [0.2, 0.25) is 0 Å². The van der Waals surface area contributed by atoms with Crippen LogP contribution in [0.15, 0.2) is 23.1 Å². The Balaban J connectivity index is 1.71. The quantitative estimate of drug-likeness (QED) is 0.856. The minimum absolute atomic E-state index is 0.00587. The molecule has 1 N–H and O–H groups in total. The molecule has 5 heteroatoms. The van der Waals surface area contributed by atoms with Gasteiger partial charge in [0.15, 0.2) is 0 Å². The van der Waals surface area contributed by atoms with Gasteiger partial charge in [0, 0.05) is 23.7 Å². The Kier molecular flexibility index (Phi) is 4.38. The summed E-state index contributed by atoms with van der Waals surface area (Å²) >= 11 is 1.54. The smallest absolute Gasteiger partial charge is 0.317 e. The fourth-order valence-corrected chi connectivity index (χ4v) is 4.29. The summed E-state index contributed by atoms with van der Waals surface area (Å²) in [5, 5.41) is 3.10. The normalized spacial score (nSPS) is 25.3. The SMILES string of the molecule is CC1CCCN(C(=O)NC2CCSc3c(F)cccc32)C1. The molecule has 2 aliphatic rings. The average Bonchev–Trinajstić information content (AvgIpc) is 2.48. The van der Waals surface area contributed by atoms with E-state index in [1.807, 2.05) is 11.0 Å². The van der Waals surface area contributed by atoms with Crippen LogP contribution in [0, 0.1) is 11.7 Å². The second kappa shape index (κ2) is 6.26. The van der Waals surface area contributed by atoms with Gasteiger partial charge in [0.1, 0.15) is 5.82 Å². The van der Waals surface area contributed by atoms with Crippen LogP contribution < -0.4 is 5.32 Å². The highest BCUT2D eigenvalue weighted by Crippen LogP contribution is 2.37. The molecule has 0 saturated carbocycles. The summed E-state index contributed by atoms with van der Waals surface area (Å²) < 4.78 is 13.8. The maximum Gasteiger partial charge on any atom is 0.317 e. The van der Waals surface area contributed by atoms with Crippen LogP contribution in [0.3, 0.4) is 0 Å². The van der Waals surface area contributed by atoms with Crippen molar-refractivity contribution in [2.45, 2.75) is 37.1 Å². The van der Waals surface area contributed by atoms with Gasteiger partial charge in [-0.3, -0.25) is 0 Å². The lowest BCUT2D eigenvalue weighted by Crippen LogP contribution is -2.46. The van der Waals surface area contributed by atoms with E-state index in [-0.39, 0.29) is 17.9 Å². The molecule has 0 aromatic heterocycles. The molecule has 1 fully saturated rings. The van der Waals surface area contributed by atoms with E-state index in [0.29, 0.717) is 10.8 Å². The van der Waals surface area contributed by atoms with Crippen molar-refractivity contribution < 1.29 is 9.18 Å². The Bertz CT molecular complexity index is 537. The Labute approximate surface area is 129 Å². The monoisotopic (exact) mass is 308 g/mol. The maximum atomic E-state index is 13.8. The number of nitrogens with one attached hydrogen (secondary N) is 1. The molecule has 114 valence electrons. The Morgan fingerprint density at radius 1 is 1.43 bits per heavy atom. The summed E-state index contributed by atoms with van der Waals surface area (Å²) in [7, 11) is 0. The van der Waals surface area contributed by atoms with Crippen molar-refractivity contribution in [3.8, 4) is 0 Å². The topological polar surface area (TPSA) is 32.3 Å². The standard InChI is InChI=1S/C16H21FN2OS/c1-11-4-3-8-19(10-11)16(20)18-14-7-9-21-15-12(14)5-2-6-13(15)17/h2,5-6,11,14H,3-4,7-10H2,1H3,(H,18,20). The minimum Gasteiger partial charge on any atom is -0.331 e. The fraction of sp³-hybridized carbons (Fsp3) is 0.562. The molecule has 2 atom stereocenters. The number of urea groups is 1. The third-order valence-electron chi connectivity index (χ3n) is 4.27. The molecule has 3 rings (SSSR count). The van der Waals surface area contributed by atoms with Crippen molar-refractivity contribution in [3.63, 3.8) is 0 Å². The first-order valence-electron chi connectivity index (χ1n) is 7.62. The summed E-state index contributed by atoms with van der Waals surface area (Å²) in [5.41, 5.74) is 0.921. The number of halogens is 1. The highest BCUT2D eigenvalue weighted by atomic mass is 32.2. The Morgan fingerprint density at radius 3 is 3.10 bits per heavy atom. The molecule has 1 aromatic carbocycles. The van der Waals surface area contributed by atoms with E-state index in [0.717, 1.165) is 37.2 Å². The summed E-state index contributed by atoms with van der Waals surface area (Å²) in [6.45, 7) is 3.83. The van der Waals surface area contributed by atoms with Gasteiger partial charge >= 0.3 is 6.03 Å². The van der Waals surface area contributed by atoms with Crippen molar-refractivity contribution >= 4 is 17.8 Å². The predicted octanol–water partition coefficient (Wildman–Crippen LogP) is 3.80. The molecule has 1 saturated heterocycles. The first-order valence-corrected chi connectivity index (χ1v) is 8.60. The molecule has 0 radical (unpaired) electrons. The first kappa shape index (κ1) is 14.7. The summed E-state index contributed by atoms with van der Waals surface area (Å²) in [6, 6.07) is 5.06. The number of fused-ring (bicyclic) bond motifs is 1. The zero-order valence-electron chi connectivity index (χ0n) is 12.3. The molecular weight excluding hydrogens is 287 g/mol. The zero-order chi connectivity index (χ0) is 14.8. The first-order chi connectivity index (χ1) is 10.1. The van der Waals surface area contributed by atoms with E-state index in [1.165, 1.54) is 12.5 Å². The highest BCUT2D eigenvalue weighted by Gasteiger charge is 2.27. The van der Waals surface area contributed by atoms with Crippen LogP contribution in [0.25, 0.3) is 0 Å². The van der Waals surface area contributed by atoms with Crippen molar-refractivity contribution in [3.05, 3.63) is 29.6 Å². The van der Waals surface area contributed by atoms with Gasteiger partial charge in [-0.2, -0.15) is 0 Å². The van der Waals surface area contributed by atoms with Crippen molar-refractivity contribution in [1.29, 1.82) is 0 Å². The van der Waals surface area contributed by atoms with Gasteiger partial charge in [0.25, 0.3) is 0 Å². The van der Waals surface area contributed by atoms with E-state index < -0.39 is 0 Å². The van der Waals surface area contributed by atoms with Crippen LogP contribution >= 0.6 is 11.8 Å². The summed E-state index contributed by atoms with van der Waals surface area (Å²) in [6.07, 6.45) is 3.12.